The van der Waals surface area contributed by atoms with Gasteiger partial charge < -0.3 is 11.5 Å². The summed E-state index contributed by atoms with van der Waals surface area (Å²) in [7, 11) is 0. The van der Waals surface area contributed by atoms with Gasteiger partial charge in [-0.3, -0.25) is 9.36 Å². The van der Waals surface area contributed by atoms with Gasteiger partial charge in [-0.1, -0.05) is 11.8 Å². The minimum Gasteiger partial charge on any atom is -0.368 e. The molecule has 16 heavy (non-hydrogen) atoms. The van der Waals surface area contributed by atoms with Gasteiger partial charge in [0.25, 0.3) is 0 Å². The number of aromatic amines is 1. The monoisotopic (exact) mass is 245 g/mol. The Labute approximate surface area is 96.6 Å². The number of hydrogen-bond acceptors (Lipinski definition) is 5. The molecule has 0 spiro atoms. The van der Waals surface area contributed by atoms with Crippen molar-refractivity contribution in [1.29, 1.82) is 0 Å². The molecule has 1 heterocycles. The van der Waals surface area contributed by atoms with Crippen LogP contribution in [0, 0.1) is 0 Å². The van der Waals surface area contributed by atoms with Crippen LogP contribution in [0.3, 0.4) is 0 Å². The smallest absolute Gasteiger partial charge is 0.343 e. The Kier molecular flexibility index (Phi) is 4.56. The third-order valence-corrected chi connectivity index (χ3v) is 3.07. The first kappa shape index (κ1) is 12.8. The number of amides is 1. The first-order valence-corrected chi connectivity index (χ1v) is 5.87. The molecule has 1 rings (SSSR count). The molecule has 0 aromatic carbocycles. The molecule has 8 heteroatoms. The summed E-state index contributed by atoms with van der Waals surface area (Å²) in [6.07, 6.45) is 0.463. The van der Waals surface area contributed by atoms with E-state index in [1.807, 2.05) is 6.92 Å². The average molecular weight is 245 g/mol. The lowest BCUT2D eigenvalue weighted by Crippen LogP contribution is -2.36. The van der Waals surface area contributed by atoms with Crippen molar-refractivity contribution in [2.75, 3.05) is 5.75 Å². The van der Waals surface area contributed by atoms with Crippen molar-refractivity contribution in [2.24, 2.45) is 11.5 Å². The Morgan fingerprint density at radius 2 is 2.38 bits per heavy atom. The zero-order valence-corrected chi connectivity index (χ0v) is 9.79. The SMILES string of the molecule is CCn1c(SCCC(N)C(N)=O)n[nH]c1=O. The number of hydrogen-bond donors (Lipinski definition) is 3. The van der Waals surface area contributed by atoms with E-state index < -0.39 is 11.9 Å². The van der Waals surface area contributed by atoms with Gasteiger partial charge in [-0.15, -0.1) is 5.10 Å². The molecule has 1 atom stereocenters. The van der Waals surface area contributed by atoms with Crippen molar-refractivity contribution < 1.29 is 4.79 Å². The van der Waals surface area contributed by atoms with Crippen LogP contribution in [0.4, 0.5) is 0 Å². The topological polar surface area (TPSA) is 120 Å². The zero-order valence-electron chi connectivity index (χ0n) is 8.97. The van der Waals surface area contributed by atoms with E-state index in [0.717, 1.165) is 0 Å². The predicted molar refractivity (Wildman–Crippen MR) is 61.0 cm³/mol. The molecular weight excluding hydrogens is 230 g/mol. The third-order valence-electron chi connectivity index (χ3n) is 2.06. The fourth-order valence-corrected chi connectivity index (χ4v) is 2.14. The molecule has 0 aliphatic rings. The molecule has 0 aliphatic carbocycles. The van der Waals surface area contributed by atoms with E-state index >= 15 is 0 Å². The number of nitrogens with two attached hydrogens (primary N) is 2. The number of rotatable bonds is 6. The van der Waals surface area contributed by atoms with Gasteiger partial charge in [0.2, 0.25) is 5.91 Å². The summed E-state index contributed by atoms with van der Waals surface area (Å²) in [4.78, 5) is 21.9. The second-order valence-electron chi connectivity index (χ2n) is 3.20. The molecule has 0 saturated heterocycles. The molecule has 1 unspecified atom stereocenters. The molecule has 0 aliphatic heterocycles. The van der Waals surface area contributed by atoms with E-state index in [1.54, 1.807) is 0 Å². The van der Waals surface area contributed by atoms with Crippen LogP contribution in [-0.2, 0) is 11.3 Å². The van der Waals surface area contributed by atoms with Crippen molar-refractivity contribution in [3.63, 3.8) is 0 Å². The Morgan fingerprint density at radius 3 is 2.94 bits per heavy atom. The van der Waals surface area contributed by atoms with Crippen LogP contribution in [-0.4, -0.2) is 32.5 Å². The van der Waals surface area contributed by atoms with Gasteiger partial charge in [0.15, 0.2) is 5.16 Å². The highest BCUT2D eigenvalue weighted by atomic mass is 32.2. The maximum absolute atomic E-state index is 11.2. The summed E-state index contributed by atoms with van der Waals surface area (Å²) in [6, 6.07) is -0.645. The van der Waals surface area contributed by atoms with Gasteiger partial charge in [0.1, 0.15) is 0 Å². The molecule has 0 fully saturated rings. The number of carbonyl (C=O) groups is 1. The molecule has 0 saturated carbocycles. The van der Waals surface area contributed by atoms with Crippen molar-refractivity contribution >= 4 is 17.7 Å². The Bertz CT molecular complexity index is 413. The standard InChI is InChI=1S/C8H15N5O2S/c1-2-13-7(15)11-12-8(13)16-4-3-5(9)6(10)14/h5H,2-4,9H2,1H3,(H2,10,14)(H,11,15). The Hall–Kier alpha value is -1.28. The van der Waals surface area contributed by atoms with Crippen LogP contribution in [0.2, 0.25) is 0 Å². The minimum absolute atomic E-state index is 0.232. The lowest BCUT2D eigenvalue weighted by atomic mass is 10.2. The number of thioether (sulfide) groups is 1. The van der Waals surface area contributed by atoms with Gasteiger partial charge >= 0.3 is 5.69 Å². The second kappa shape index (κ2) is 5.71. The Morgan fingerprint density at radius 1 is 1.69 bits per heavy atom. The van der Waals surface area contributed by atoms with Crippen molar-refractivity contribution in [1.82, 2.24) is 14.8 Å². The average Bonchev–Trinajstić information content (AvgIpc) is 2.59. The Balaban J connectivity index is 2.49. The van der Waals surface area contributed by atoms with Crippen molar-refractivity contribution in [3.8, 4) is 0 Å². The lowest BCUT2D eigenvalue weighted by Gasteiger charge is -2.06. The number of aromatic nitrogens is 3. The summed E-state index contributed by atoms with van der Waals surface area (Å²) >= 11 is 1.37. The van der Waals surface area contributed by atoms with Crippen LogP contribution < -0.4 is 17.2 Å². The van der Waals surface area contributed by atoms with Crippen LogP contribution in [0.5, 0.6) is 0 Å². The first-order chi connectivity index (χ1) is 7.56. The predicted octanol–water partition coefficient (Wildman–Crippen LogP) is -1.11. The van der Waals surface area contributed by atoms with E-state index in [0.29, 0.717) is 23.9 Å². The molecule has 1 aromatic rings. The fourth-order valence-electron chi connectivity index (χ4n) is 1.11. The van der Waals surface area contributed by atoms with Gasteiger partial charge in [-0.25, -0.2) is 9.89 Å². The van der Waals surface area contributed by atoms with Crippen molar-refractivity contribution in [2.45, 2.75) is 31.1 Å². The van der Waals surface area contributed by atoms with E-state index in [9.17, 15) is 9.59 Å². The van der Waals surface area contributed by atoms with Crippen LogP contribution >= 0.6 is 11.8 Å². The molecule has 90 valence electrons. The third kappa shape index (κ3) is 3.11. The first-order valence-electron chi connectivity index (χ1n) is 4.89. The van der Waals surface area contributed by atoms with Crippen LogP contribution in [0.15, 0.2) is 9.95 Å². The normalized spacial score (nSPS) is 12.6. The molecular formula is C8H15N5O2S. The van der Waals surface area contributed by atoms with Gasteiger partial charge in [0.05, 0.1) is 6.04 Å². The van der Waals surface area contributed by atoms with Crippen LogP contribution in [0.25, 0.3) is 0 Å². The van der Waals surface area contributed by atoms with Gasteiger partial charge in [-0.2, -0.15) is 0 Å². The summed E-state index contributed by atoms with van der Waals surface area (Å²) in [6.45, 7) is 2.41. The largest absolute Gasteiger partial charge is 0.368 e. The fraction of sp³-hybridized carbons (Fsp3) is 0.625. The molecule has 7 nitrogen and oxygen atoms in total. The minimum atomic E-state index is -0.645. The van der Waals surface area contributed by atoms with Crippen molar-refractivity contribution in [3.05, 3.63) is 10.5 Å². The van der Waals surface area contributed by atoms with E-state index in [1.165, 1.54) is 16.3 Å². The molecule has 0 bridgehead atoms. The number of nitrogens with one attached hydrogen (secondary N) is 1. The lowest BCUT2D eigenvalue weighted by molar-refractivity contribution is -0.119. The number of nitrogens with zero attached hydrogens (tertiary/aromatic N) is 2. The number of carbonyl (C=O) groups excluding carboxylic acids is 1. The zero-order chi connectivity index (χ0) is 12.1. The number of H-pyrrole nitrogens is 1. The summed E-state index contributed by atoms with van der Waals surface area (Å²) in [5.74, 6) is 0.0736. The summed E-state index contributed by atoms with van der Waals surface area (Å²) < 4.78 is 1.51. The quantitative estimate of drug-likeness (QED) is 0.549. The maximum atomic E-state index is 11.2. The van der Waals surface area contributed by atoms with E-state index in [-0.39, 0.29) is 5.69 Å². The molecule has 1 aromatic heterocycles. The maximum Gasteiger partial charge on any atom is 0.343 e. The summed E-state index contributed by atoms with van der Waals surface area (Å²) in [5.41, 5.74) is 10.3. The highest BCUT2D eigenvalue weighted by molar-refractivity contribution is 7.99. The summed E-state index contributed by atoms with van der Waals surface area (Å²) in [5, 5.41) is 6.82. The molecule has 1 amide bonds. The molecule has 0 radical (unpaired) electrons. The molecule has 5 N–H and O–H groups in total. The van der Waals surface area contributed by atoms with E-state index in [2.05, 4.69) is 10.2 Å². The highest BCUT2D eigenvalue weighted by Crippen LogP contribution is 2.14. The number of primary amides is 1. The van der Waals surface area contributed by atoms with Crippen LogP contribution in [0.1, 0.15) is 13.3 Å². The highest BCUT2D eigenvalue weighted by Gasteiger charge is 2.11. The van der Waals surface area contributed by atoms with Gasteiger partial charge in [0, 0.05) is 12.3 Å². The van der Waals surface area contributed by atoms with Gasteiger partial charge in [-0.05, 0) is 13.3 Å². The second-order valence-corrected chi connectivity index (χ2v) is 4.26. The van der Waals surface area contributed by atoms with E-state index in [4.69, 9.17) is 11.5 Å².